The molecule has 0 aliphatic carbocycles. The first-order valence-electron chi connectivity index (χ1n) is 7.75. The molecular formula is C19H23NO3. The fourth-order valence-corrected chi connectivity index (χ4v) is 2.66. The number of carbonyl (C=O) groups is 1. The SMILES string of the molecule is CCN(CC(=O)O)[C@H](C)c1ccc(-c2cccc(OC)c2)cc1. The Bertz CT molecular complexity index is 652. The highest BCUT2D eigenvalue weighted by atomic mass is 16.5. The highest BCUT2D eigenvalue weighted by molar-refractivity contribution is 5.69. The zero-order valence-electron chi connectivity index (χ0n) is 13.8. The lowest BCUT2D eigenvalue weighted by Crippen LogP contribution is -2.32. The van der Waals surface area contributed by atoms with Gasteiger partial charge in [-0.1, -0.05) is 43.3 Å². The van der Waals surface area contributed by atoms with E-state index in [0.717, 1.165) is 22.4 Å². The fraction of sp³-hybridized carbons (Fsp3) is 0.316. The monoisotopic (exact) mass is 313 g/mol. The summed E-state index contributed by atoms with van der Waals surface area (Å²) in [5.41, 5.74) is 3.32. The Morgan fingerprint density at radius 2 is 1.87 bits per heavy atom. The molecule has 0 radical (unpaired) electrons. The van der Waals surface area contributed by atoms with E-state index in [4.69, 9.17) is 9.84 Å². The highest BCUT2D eigenvalue weighted by Gasteiger charge is 2.16. The van der Waals surface area contributed by atoms with Gasteiger partial charge in [-0.25, -0.2) is 0 Å². The second-order valence-electron chi connectivity index (χ2n) is 5.49. The molecule has 0 spiro atoms. The van der Waals surface area contributed by atoms with Gasteiger partial charge in [0.05, 0.1) is 13.7 Å². The van der Waals surface area contributed by atoms with Crippen LogP contribution in [0.2, 0.25) is 0 Å². The van der Waals surface area contributed by atoms with Crippen molar-refractivity contribution >= 4 is 5.97 Å². The minimum atomic E-state index is -0.799. The van der Waals surface area contributed by atoms with Crippen LogP contribution >= 0.6 is 0 Å². The average molecular weight is 313 g/mol. The van der Waals surface area contributed by atoms with Crippen LogP contribution in [0.15, 0.2) is 48.5 Å². The number of carboxylic acid groups (broad SMARTS) is 1. The van der Waals surface area contributed by atoms with Gasteiger partial charge in [-0.2, -0.15) is 0 Å². The van der Waals surface area contributed by atoms with Crippen LogP contribution in [-0.4, -0.2) is 36.2 Å². The van der Waals surface area contributed by atoms with Gasteiger partial charge in [0, 0.05) is 6.04 Å². The Balaban J connectivity index is 2.19. The number of benzene rings is 2. The quantitative estimate of drug-likeness (QED) is 0.844. The molecular weight excluding hydrogens is 290 g/mol. The number of methoxy groups -OCH3 is 1. The summed E-state index contributed by atoms with van der Waals surface area (Å²) in [4.78, 5) is 12.9. The molecule has 1 atom stereocenters. The van der Waals surface area contributed by atoms with Gasteiger partial charge in [-0.3, -0.25) is 9.69 Å². The maximum Gasteiger partial charge on any atom is 0.317 e. The third-order valence-electron chi connectivity index (χ3n) is 4.09. The van der Waals surface area contributed by atoms with Crippen molar-refractivity contribution in [3.63, 3.8) is 0 Å². The van der Waals surface area contributed by atoms with Crippen molar-refractivity contribution in [1.82, 2.24) is 4.90 Å². The Morgan fingerprint density at radius 1 is 1.17 bits per heavy atom. The second kappa shape index (κ2) is 7.79. The third kappa shape index (κ3) is 4.33. The fourth-order valence-electron chi connectivity index (χ4n) is 2.66. The van der Waals surface area contributed by atoms with Gasteiger partial charge >= 0.3 is 5.97 Å². The number of hydrogen-bond acceptors (Lipinski definition) is 3. The largest absolute Gasteiger partial charge is 0.497 e. The standard InChI is InChI=1S/C19H23NO3/c1-4-20(13-19(21)22)14(2)15-8-10-16(11-9-15)17-6-5-7-18(12-17)23-3/h5-12,14H,4,13H2,1-3H3,(H,21,22)/t14-/m1/s1. The summed E-state index contributed by atoms with van der Waals surface area (Å²) >= 11 is 0. The first-order valence-corrected chi connectivity index (χ1v) is 7.75. The summed E-state index contributed by atoms with van der Waals surface area (Å²) in [5, 5.41) is 9.00. The zero-order chi connectivity index (χ0) is 16.8. The number of rotatable bonds is 7. The molecule has 0 amide bonds. The van der Waals surface area contributed by atoms with Gasteiger partial charge in [0.25, 0.3) is 0 Å². The number of ether oxygens (including phenoxy) is 1. The van der Waals surface area contributed by atoms with Crippen molar-refractivity contribution in [2.24, 2.45) is 0 Å². The van der Waals surface area contributed by atoms with Crippen molar-refractivity contribution in [1.29, 1.82) is 0 Å². The maximum absolute atomic E-state index is 11.0. The van der Waals surface area contributed by atoms with E-state index in [2.05, 4.69) is 24.3 Å². The molecule has 23 heavy (non-hydrogen) atoms. The summed E-state index contributed by atoms with van der Waals surface area (Å²) in [6.45, 7) is 4.76. The molecule has 4 nitrogen and oxygen atoms in total. The molecule has 0 saturated heterocycles. The molecule has 0 unspecified atom stereocenters. The predicted octanol–water partition coefficient (Wildman–Crippen LogP) is 3.83. The van der Waals surface area contributed by atoms with Crippen LogP contribution in [0.3, 0.4) is 0 Å². The van der Waals surface area contributed by atoms with E-state index < -0.39 is 5.97 Å². The van der Waals surface area contributed by atoms with Crippen LogP contribution in [-0.2, 0) is 4.79 Å². The Kier molecular flexibility index (Phi) is 5.77. The van der Waals surface area contributed by atoms with Crippen molar-refractivity contribution in [3.05, 3.63) is 54.1 Å². The van der Waals surface area contributed by atoms with Crippen LogP contribution in [0.25, 0.3) is 11.1 Å². The normalized spacial score (nSPS) is 12.2. The lowest BCUT2D eigenvalue weighted by Gasteiger charge is -2.26. The summed E-state index contributed by atoms with van der Waals surface area (Å²) < 4.78 is 5.26. The van der Waals surface area contributed by atoms with Gasteiger partial charge in [-0.15, -0.1) is 0 Å². The van der Waals surface area contributed by atoms with Crippen LogP contribution in [0.5, 0.6) is 5.75 Å². The van der Waals surface area contributed by atoms with Crippen molar-refractivity contribution in [3.8, 4) is 16.9 Å². The van der Waals surface area contributed by atoms with E-state index in [1.54, 1.807) is 7.11 Å². The van der Waals surface area contributed by atoms with Crippen LogP contribution in [0, 0.1) is 0 Å². The molecule has 2 rings (SSSR count). The van der Waals surface area contributed by atoms with Crippen LogP contribution in [0.4, 0.5) is 0 Å². The number of nitrogens with zero attached hydrogens (tertiary/aromatic N) is 1. The molecule has 0 aliphatic heterocycles. The summed E-state index contributed by atoms with van der Waals surface area (Å²) in [7, 11) is 1.66. The molecule has 0 heterocycles. The van der Waals surface area contributed by atoms with Crippen molar-refractivity contribution in [2.45, 2.75) is 19.9 Å². The van der Waals surface area contributed by atoms with E-state index in [9.17, 15) is 4.79 Å². The number of likely N-dealkylation sites (N-methyl/N-ethyl adjacent to an activating group) is 1. The van der Waals surface area contributed by atoms with Gasteiger partial charge in [0.2, 0.25) is 0 Å². The molecule has 2 aromatic rings. The second-order valence-corrected chi connectivity index (χ2v) is 5.49. The van der Waals surface area contributed by atoms with E-state index in [-0.39, 0.29) is 12.6 Å². The minimum Gasteiger partial charge on any atom is -0.497 e. The van der Waals surface area contributed by atoms with E-state index >= 15 is 0 Å². The van der Waals surface area contributed by atoms with E-state index in [1.165, 1.54) is 0 Å². The maximum atomic E-state index is 11.0. The molecule has 2 aromatic carbocycles. The topological polar surface area (TPSA) is 49.8 Å². The molecule has 1 N–H and O–H groups in total. The number of aliphatic carboxylic acids is 1. The Labute approximate surface area is 137 Å². The minimum absolute atomic E-state index is 0.0509. The lowest BCUT2D eigenvalue weighted by molar-refractivity contribution is -0.138. The molecule has 0 saturated carbocycles. The molecule has 0 aromatic heterocycles. The van der Waals surface area contributed by atoms with E-state index in [1.807, 2.05) is 43.0 Å². The predicted molar refractivity (Wildman–Crippen MR) is 91.7 cm³/mol. The summed E-state index contributed by atoms with van der Waals surface area (Å²) in [6.07, 6.45) is 0. The number of hydrogen-bond donors (Lipinski definition) is 1. The number of carboxylic acids is 1. The Morgan fingerprint density at radius 3 is 2.43 bits per heavy atom. The smallest absolute Gasteiger partial charge is 0.317 e. The van der Waals surface area contributed by atoms with E-state index in [0.29, 0.717) is 6.54 Å². The zero-order valence-corrected chi connectivity index (χ0v) is 13.8. The van der Waals surface area contributed by atoms with Crippen molar-refractivity contribution < 1.29 is 14.6 Å². The Hall–Kier alpha value is -2.33. The molecule has 0 fully saturated rings. The molecule has 4 heteroatoms. The van der Waals surface area contributed by atoms with Crippen molar-refractivity contribution in [2.75, 3.05) is 20.2 Å². The molecule has 0 aliphatic rings. The first-order chi connectivity index (χ1) is 11.0. The van der Waals surface area contributed by atoms with Gasteiger partial charge in [0.1, 0.15) is 5.75 Å². The average Bonchev–Trinajstić information content (AvgIpc) is 2.59. The van der Waals surface area contributed by atoms with Crippen LogP contribution < -0.4 is 4.74 Å². The molecule has 0 bridgehead atoms. The molecule has 122 valence electrons. The van der Waals surface area contributed by atoms with Crippen LogP contribution in [0.1, 0.15) is 25.5 Å². The first kappa shape index (κ1) is 17.0. The highest BCUT2D eigenvalue weighted by Crippen LogP contribution is 2.26. The van der Waals surface area contributed by atoms with Gasteiger partial charge in [0.15, 0.2) is 0 Å². The lowest BCUT2D eigenvalue weighted by atomic mass is 10.0. The summed E-state index contributed by atoms with van der Waals surface area (Å²) in [6, 6.07) is 16.3. The van der Waals surface area contributed by atoms with Gasteiger partial charge in [-0.05, 0) is 42.3 Å². The third-order valence-corrected chi connectivity index (χ3v) is 4.09. The summed E-state index contributed by atoms with van der Waals surface area (Å²) in [5.74, 6) is 0.0326. The van der Waals surface area contributed by atoms with Gasteiger partial charge < -0.3 is 9.84 Å².